The zero-order valence-corrected chi connectivity index (χ0v) is 15.3. The summed E-state index contributed by atoms with van der Waals surface area (Å²) in [7, 11) is 1.44. The molecular weight excluding hydrogens is 335 g/mol. The molecule has 2 N–H and O–H groups in total. The van der Waals surface area contributed by atoms with Gasteiger partial charge in [-0.15, -0.1) is 0 Å². The SMILES string of the molecule is CCNC(=NCc1c(CC)noc1CC)NCCN(C)CC(F)(F)F. The quantitative estimate of drug-likeness (QED) is 0.521. The lowest BCUT2D eigenvalue weighted by molar-refractivity contribution is -0.142. The van der Waals surface area contributed by atoms with Gasteiger partial charge in [-0.1, -0.05) is 19.0 Å². The van der Waals surface area contributed by atoms with E-state index in [-0.39, 0.29) is 6.54 Å². The molecule has 0 saturated carbocycles. The van der Waals surface area contributed by atoms with Crippen molar-refractivity contribution in [2.24, 2.45) is 4.99 Å². The van der Waals surface area contributed by atoms with Crippen LogP contribution < -0.4 is 10.6 Å². The standard InChI is InChI=1S/C16H28F3N5O/c1-5-13-12(14(6-2)25-23-13)10-22-15(20-7-3)21-8-9-24(4)11-16(17,18)19/h5-11H2,1-4H3,(H2,20,21,22). The van der Waals surface area contributed by atoms with E-state index in [1.54, 1.807) is 0 Å². The largest absolute Gasteiger partial charge is 0.401 e. The summed E-state index contributed by atoms with van der Waals surface area (Å²) >= 11 is 0. The number of hydrogen-bond acceptors (Lipinski definition) is 4. The Morgan fingerprint density at radius 3 is 2.48 bits per heavy atom. The van der Waals surface area contributed by atoms with Crippen molar-refractivity contribution >= 4 is 5.96 Å². The number of rotatable bonds is 9. The second-order valence-corrected chi connectivity index (χ2v) is 5.71. The number of guanidine groups is 1. The summed E-state index contributed by atoms with van der Waals surface area (Å²) in [6, 6.07) is 0. The highest BCUT2D eigenvalue weighted by Gasteiger charge is 2.28. The first-order valence-corrected chi connectivity index (χ1v) is 8.54. The highest BCUT2D eigenvalue weighted by atomic mass is 19.4. The maximum Gasteiger partial charge on any atom is 0.401 e. The van der Waals surface area contributed by atoms with Gasteiger partial charge in [-0.05, 0) is 20.4 Å². The average Bonchev–Trinajstić information content (AvgIpc) is 2.92. The van der Waals surface area contributed by atoms with E-state index in [4.69, 9.17) is 4.52 Å². The molecule has 25 heavy (non-hydrogen) atoms. The minimum Gasteiger partial charge on any atom is -0.361 e. The van der Waals surface area contributed by atoms with Crippen molar-refractivity contribution in [3.05, 3.63) is 17.0 Å². The Bertz CT molecular complexity index is 521. The molecule has 0 unspecified atom stereocenters. The van der Waals surface area contributed by atoms with Crippen LogP contribution in [0.2, 0.25) is 0 Å². The monoisotopic (exact) mass is 363 g/mol. The number of nitrogens with zero attached hydrogens (tertiary/aromatic N) is 3. The van der Waals surface area contributed by atoms with E-state index in [1.807, 2.05) is 20.8 Å². The third-order valence-corrected chi connectivity index (χ3v) is 3.58. The Morgan fingerprint density at radius 1 is 1.20 bits per heavy atom. The smallest absolute Gasteiger partial charge is 0.361 e. The average molecular weight is 363 g/mol. The number of alkyl halides is 3. The Labute approximate surface area is 146 Å². The molecule has 0 radical (unpaired) electrons. The van der Waals surface area contributed by atoms with Crippen LogP contribution in [-0.4, -0.2) is 55.4 Å². The van der Waals surface area contributed by atoms with Gasteiger partial charge in [0, 0.05) is 31.6 Å². The summed E-state index contributed by atoms with van der Waals surface area (Å²) in [6.07, 6.45) is -2.68. The summed E-state index contributed by atoms with van der Waals surface area (Å²) in [5, 5.41) is 10.2. The first kappa shape index (κ1) is 21.3. The van der Waals surface area contributed by atoms with Crippen LogP contribution in [0.15, 0.2) is 9.52 Å². The van der Waals surface area contributed by atoms with Crippen molar-refractivity contribution in [1.82, 2.24) is 20.7 Å². The lowest BCUT2D eigenvalue weighted by atomic mass is 10.1. The predicted octanol–water partition coefficient (Wildman–Crippen LogP) is 2.35. The van der Waals surface area contributed by atoms with Gasteiger partial charge in [0.05, 0.1) is 18.8 Å². The van der Waals surface area contributed by atoms with E-state index in [1.165, 1.54) is 11.9 Å². The fourth-order valence-corrected chi connectivity index (χ4v) is 2.37. The van der Waals surface area contributed by atoms with Crippen LogP contribution in [0.3, 0.4) is 0 Å². The topological polar surface area (TPSA) is 65.7 Å². The lowest BCUT2D eigenvalue weighted by Crippen LogP contribution is -2.42. The Kier molecular flexibility index (Phi) is 8.74. The molecule has 1 rings (SSSR count). The van der Waals surface area contributed by atoms with Gasteiger partial charge in [0.25, 0.3) is 0 Å². The Balaban J connectivity index is 2.61. The summed E-state index contributed by atoms with van der Waals surface area (Å²) in [5.74, 6) is 1.38. The van der Waals surface area contributed by atoms with Crippen LogP contribution in [0.25, 0.3) is 0 Å². The molecule has 0 aliphatic heterocycles. The van der Waals surface area contributed by atoms with E-state index in [0.717, 1.165) is 29.9 Å². The van der Waals surface area contributed by atoms with Crippen molar-refractivity contribution in [3.63, 3.8) is 0 Å². The molecule has 0 bridgehead atoms. The molecular formula is C16H28F3N5O. The molecule has 9 heteroatoms. The highest BCUT2D eigenvalue weighted by Crippen LogP contribution is 2.17. The maximum atomic E-state index is 12.3. The summed E-state index contributed by atoms with van der Waals surface area (Å²) in [5.41, 5.74) is 1.87. The third kappa shape index (κ3) is 7.76. The van der Waals surface area contributed by atoms with Gasteiger partial charge in [0.1, 0.15) is 5.76 Å². The van der Waals surface area contributed by atoms with Crippen LogP contribution in [-0.2, 0) is 19.4 Å². The van der Waals surface area contributed by atoms with Gasteiger partial charge in [0.15, 0.2) is 5.96 Å². The van der Waals surface area contributed by atoms with E-state index in [0.29, 0.717) is 25.6 Å². The number of hydrogen-bond donors (Lipinski definition) is 2. The first-order valence-electron chi connectivity index (χ1n) is 8.54. The van der Waals surface area contributed by atoms with E-state index >= 15 is 0 Å². The molecule has 0 aliphatic rings. The van der Waals surface area contributed by atoms with Gasteiger partial charge in [-0.3, -0.25) is 4.90 Å². The molecule has 0 atom stereocenters. The number of aromatic nitrogens is 1. The predicted molar refractivity (Wildman–Crippen MR) is 91.6 cm³/mol. The number of aryl methyl sites for hydroxylation is 2. The van der Waals surface area contributed by atoms with Crippen molar-refractivity contribution in [3.8, 4) is 0 Å². The molecule has 6 nitrogen and oxygen atoms in total. The van der Waals surface area contributed by atoms with E-state index in [2.05, 4.69) is 20.8 Å². The molecule has 0 fully saturated rings. The van der Waals surface area contributed by atoms with Crippen LogP contribution in [0.5, 0.6) is 0 Å². The van der Waals surface area contributed by atoms with Gasteiger partial charge < -0.3 is 15.2 Å². The molecule has 0 spiro atoms. The number of halogens is 3. The minimum absolute atomic E-state index is 0.262. The fourth-order valence-electron chi connectivity index (χ4n) is 2.37. The Morgan fingerprint density at radius 2 is 1.92 bits per heavy atom. The van der Waals surface area contributed by atoms with Crippen molar-refractivity contribution in [2.75, 3.05) is 33.2 Å². The summed E-state index contributed by atoms with van der Waals surface area (Å²) in [4.78, 5) is 5.72. The summed E-state index contributed by atoms with van der Waals surface area (Å²) < 4.78 is 42.3. The van der Waals surface area contributed by atoms with Gasteiger partial charge in [-0.25, -0.2) is 4.99 Å². The third-order valence-electron chi connectivity index (χ3n) is 3.58. The zero-order valence-electron chi connectivity index (χ0n) is 15.3. The van der Waals surface area contributed by atoms with Crippen LogP contribution in [0.4, 0.5) is 13.2 Å². The van der Waals surface area contributed by atoms with Crippen molar-refractivity contribution in [2.45, 2.75) is 46.3 Å². The molecule has 0 saturated heterocycles. The van der Waals surface area contributed by atoms with Gasteiger partial charge >= 0.3 is 6.18 Å². The molecule has 0 aromatic carbocycles. The first-order chi connectivity index (χ1) is 11.8. The lowest BCUT2D eigenvalue weighted by Gasteiger charge is -2.19. The van der Waals surface area contributed by atoms with Gasteiger partial charge in [-0.2, -0.15) is 13.2 Å². The highest BCUT2D eigenvalue weighted by molar-refractivity contribution is 5.79. The minimum atomic E-state index is -4.19. The van der Waals surface area contributed by atoms with E-state index < -0.39 is 12.7 Å². The molecule has 1 aromatic rings. The second-order valence-electron chi connectivity index (χ2n) is 5.71. The Hall–Kier alpha value is -1.77. The number of nitrogens with one attached hydrogen (secondary N) is 2. The number of likely N-dealkylation sites (N-methyl/N-ethyl adjacent to an activating group) is 1. The van der Waals surface area contributed by atoms with Crippen molar-refractivity contribution < 1.29 is 17.7 Å². The maximum absolute atomic E-state index is 12.3. The molecule has 144 valence electrons. The van der Waals surface area contributed by atoms with Crippen molar-refractivity contribution in [1.29, 1.82) is 0 Å². The second kappa shape index (κ2) is 10.3. The van der Waals surface area contributed by atoms with Crippen LogP contribution in [0, 0.1) is 0 Å². The normalized spacial score (nSPS) is 12.7. The van der Waals surface area contributed by atoms with Crippen LogP contribution in [0.1, 0.15) is 37.8 Å². The fraction of sp³-hybridized carbons (Fsp3) is 0.750. The molecule has 0 aliphatic carbocycles. The van der Waals surface area contributed by atoms with Crippen LogP contribution >= 0.6 is 0 Å². The molecule has 0 amide bonds. The molecule has 1 aromatic heterocycles. The summed E-state index contributed by atoms with van der Waals surface area (Å²) in [6.45, 7) is 6.71. The number of aliphatic imine (C=N–C) groups is 1. The van der Waals surface area contributed by atoms with E-state index in [9.17, 15) is 13.2 Å². The zero-order chi connectivity index (χ0) is 18.9. The van der Waals surface area contributed by atoms with Gasteiger partial charge in [0.2, 0.25) is 0 Å². The molecule has 1 heterocycles.